The average molecular weight is 170 g/mol. The largest absolute Gasteiger partial charge is 0.303 e. The molecule has 0 rings (SSSR count). The number of aldehydes is 1. The van der Waals surface area contributed by atoms with Gasteiger partial charge in [0.15, 0.2) is 0 Å². The van der Waals surface area contributed by atoms with Crippen LogP contribution >= 0.6 is 0 Å². The lowest BCUT2D eigenvalue weighted by molar-refractivity contribution is -0.117. The van der Waals surface area contributed by atoms with E-state index in [4.69, 9.17) is 0 Å². The third-order valence-electron chi connectivity index (χ3n) is 1.99. The molecule has 2 nitrogen and oxygen atoms in total. The summed E-state index contributed by atoms with van der Waals surface area (Å²) >= 11 is 0. The maximum Gasteiger partial charge on any atom is 0.129 e. The van der Waals surface area contributed by atoms with E-state index in [-0.39, 0.29) is 11.7 Å². The molecule has 0 fully saturated rings. The van der Waals surface area contributed by atoms with E-state index in [9.17, 15) is 9.59 Å². The molecular formula is C10H18O2. The Morgan fingerprint density at radius 2 is 2.08 bits per heavy atom. The van der Waals surface area contributed by atoms with E-state index in [1.54, 1.807) is 6.92 Å². The van der Waals surface area contributed by atoms with Gasteiger partial charge < -0.3 is 9.59 Å². The van der Waals surface area contributed by atoms with Gasteiger partial charge in [-0.25, -0.2) is 0 Å². The summed E-state index contributed by atoms with van der Waals surface area (Å²) in [4.78, 5) is 21.1. The highest BCUT2D eigenvalue weighted by atomic mass is 16.1. The molecule has 0 saturated heterocycles. The minimum atomic E-state index is 0.105. The van der Waals surface area contributed by atoms with Crippen LogP contribution in [0.15, 0.2) is 0 Å². The number of hydrogen-bond acceptors (Lipinski definition) is 2. The SMILES string of the molecule is CCCC[C@@H](C=O)CCC(C)=O. The first-order chi connectivity index (χ1) is 5.70. The molecule has 0 aliphatic carbocycles. The molecule has 70 valence electrons. The second-order valence-electron chi connectivity index (χ2n) is 3.28. The zero-order valence-electron chi connectivity index (χ0n) is 8.01. The van der Waals surface area contributed by atoms with Gasteiger partial charge in [-0.3, -0.25) is 0 Å². The maximum atomic E-state index is 10.6. The zero-order chi connectivity index (χ0) is 9.40. The van der Waals surface area contributed by atoms with Gasteiger partial charge in [0, 0.05) is 12.3 Å². The van der Waals surface area contributed by atoms with E-state index in [2.05, 4.69) is 6.92 Å². The van der Waals surface area contributed by atoms with Gasteiger partial charge in [0.05, 0.1) is 0 Å². The van der Waals surface area contributed by atoms with Gasteiger partial charge in [-0.05, 0) is 19.8 Å². The summed E-state index contributed by atoms with van der Waals surface area (Å²) in [6, 6.07) is 0. The highest BCUT2D eigenvalue weighted by Crippen LogP contribution is 2.12. The maximum absolute atomic E-state index is 10.6. The number of unbranched alkanes of at least 4 members (excludes halogenated alkanes) is 1. The number of hydrogen-bond donors (Lipinski definition) is 0. The molecule has 0 saturated carbocycles. The average Bonchev–Trinajstić information content (AvgIpc) is 2.05. The van der Waals surface area contributed by atoms with Crippen molar-refractivity contribution in [3.63, 3.8) is 0 Å². The molecule has 0 radical (unpaired) electrons. The van der Waals surface area contributed by atoms with E-state index in [1.165, 1.54) is 0 Å². The van der Waals surface area contributed by atoms with Crippen molar-refractivity contribution in [3.05, 3.63) is 0 Å². The molecule has 0 aromatic carbocycles. The van der Waals surface area contributed by atoms with E-state index in [0.717, 1.165) is 32.0 Å². The molecular weight excluding hydrogens is 152 g/mol. The summed E-state index contributed by atoms with van der Waals surface area (Å²) in [5, 5.41) is 0. The highest BCUT2D eigenvalue weighted by Gasteiger charge is 2.07. The second-order valence-corrected chi connectivity index (χ2v) is 3.28. The van der Waals surface area contributed by atoms with Gasteiger partial charge in [-0.15, -0.1) is 0 Å². The van der Waals surface area contributed by atoms with Crippen molar-refractivity contribution in [3.8, 4) is 0 Å². The molecule has 0 aliphatic rings. The minimum Gasteiger partial charge on any atom is -0.303 e. The van der Waals surface area contributed by atoms with Gasteiger partial charge in [0.1, 0.15) is 12.1 Å². The van der Waals surface area contributed by atoms with Crippen molar-refractivity contribution in [1.29, 1.82) is 0 Å². The Balaban J connectivity index is 3.52. The Morgan fingerprint density at radius 1 is 1.42 bits per heavy atom. The van der Waals surface area contributed by atoms with Crippen LogP contribution in [0.5, 0.6) is 0 Å². The van der Waals surface area contributed by atoms with E-state index in [1.807, 2.05) is 0 Å². The number of rotatable bonds is 7. The molecule has 0 N–H and O–H groups in total. The smallest absolute Gasteiger partial charge is 0.129 e. The lowest BCUT2D eigenvalue weighted by Gasteiger charge is -2.06. The van der Waals surface area contributed by atoms with Gasteiger partial charge in [-0.1, -0.05) is 19.8 Å². The third-order valence-corrected chi connectivity index (χ3v) is 1.99. The van der Waals surface area contributed by atoms with Crippen LogP contribution in [-0.2, 0) is 9.59 Å². The molecule has 1 atom stereocenters. The molecule has 0 bridgehead atoms. The van der Waals surface area contributed by atoms with Crippen LogP contribution in [0, 0.1) is 5.92 Å². The van der Waals surface area contributed by atoms with Crippen molar-refractivity contribution in [2.45, 2.75) is 46.0 Å². The van der Waals surface area contributed by atoms with E-state index < -0.39 is 0 Å². The lowest BCUT2D eigenvalue weighted by atomic mass is 9.97. The van der Waals surface area contributed by atoms with Crippen LogP contribution < -0.4 is 0 Å². The Kier molecular flexibility index (Phi) is 6.63. The van der Waals surface area contributed by atoms with Crippen LogP contribution in [0.4, 0.5) is 0 Å². The number of carbonyl (C=O) groups excluding carboxylic acids is 2. The summed E-state index contributed by atoms with van der Waals surface area (Å²) in [7, 11) is 0. The summed E-state index contributed by atoms with van der Waals surface area (Å²) in [6.07, 6.45) is 5.41. The first-order valence-corrected chi connectivity index (χ1v) is 4.65. The minimum absolute atomic E-state index is 0.105. The van der Waals surface area contributed by atoms with Gasteiger partial charge in [0.2, 0.25) is 0 Å². The quantitative estimate of drug-likeness (QED) is 0.550. The second kappa shape index (κ2) is 7.01. The van der Waals surface area contributed by atoms with Crippen molar-refractivity contribution >= 4 is 12.1 Å². The van der Waals surface area contributed by atoms with Crippen molar-refractivity contribution in [2.24, 2.45) is 5.92 Å². The molecule has 0 unspecified atom stereocenters. The molecule has 0 spiro atoms. The van der Waals surface area contributed by atoms with Crippen LogP contribution in [0.1, 0.15) is 46.0 Å². The van der Waals surface area contributed by atoms with Gasteiger partial charge in [0.25, 0.3) is 0 Å². The Labute approximate surface area is 74.3 Å². The predicted octanol–water partition coefficient (Wildman–Crippen LogP) is 2.36. The molecule has 0 aromatic rings. The fraction of sp³-hybridized carbons (Fsp3) is 0.800. The Morgan fingerprint density at radius 3 is 2.50 bits per heavy atom. The molecule has 0 heterocycles. The lowest BCUT2D eigenvalue weighted by Crippen LogP contribution is -2.04. The fourth-order valence-electron chi connectivity index (χ4n) is 1.14. The van der Waals surface area contributed by atoms with Gasteiger partial charge in [-0.2, -0.15) is 0 Å². The van der Waals surface area contributed by atoms with Crippen LogP contribution in [-0.4, -0.2) is 12.1 Å². The number of Topliss-reactive ketones (excluding diaryl/α,β-unsaturated/α-hetero) is 1. The first-order valence-electron chi connectivity index (χ1n) is 4.65. The Bertz CT molecular complexity index is 141. The summed E-state index contributed by atoms with van der Waals surface area (Å²) in [5.41, 5.74) is 0. The standard InChI is InChI=1S/C10H18O2/c1-3-4-5-10(8-11)7-6-9(2)12/h8,10H,3-7H2,1-2H3/t10-/m1/s1. The first kappa shape index (κ1) is 11.3. The zero-order valence-corrected chi connectivity index (χ0v) is 8.01. The molecule has 12 heavy (non-hydrogen) atoms. The monoisotopic (exact) mass is 170 g/mol. The predicted molar refractivity (Wildman–Crippen MR) is 49.0 cm³/mol. The molecule has 0 aromatic heterocycles. The van der Waals surface area contributed by atoms with Crippen LogP contribution in [0.2, 0.25) is 0 Å². The van der Waals surface area contributed by atoms with E-state index >= 15 is 0 Å². The van der Waals surface area contributed by atoms with E-state index in [0.29, 0.717) is 6.42 Å². The number of carbonyl (C=O) groups is 2. The normalized spacial score (nSPS) is 12.5. The van der Waals surface area contributed by atoms with Crippen molar-refractivity contribution in [1.82, 2.24) is 0 Å². The van der Waals surface area contributed by atoms with Crippen LogP contribution in [0.3, 0.4) is 0 Å². The summed E-state index contributed by atoms with van der Waals surface area (Å²) in [6.45, 7) is 3.68. The topological polar surface area (TPSA) is 34.1 Å². The Hall–Kier alpha value is -0.660. The molecule has 2 heteroatoms. The number of ketones is 1. The van der Waals surface area contributed by atoms with Crippen LogP contribution in [0.25, 0.3) is 0 Å². The summed E-state index contributed by atoms with van der Waals surface area (Å²) in [5.74, 6) is 0.284. The van der Waals surface area contributed by atoms with Crippen molar-refractivity contribution < 1.29 is 9.59 Å². The third kappa shape index (κ3) is 6.08. The molecule has 0 amide bonds. The summed E-state index contributed by atoms with van der Waals surface area (Å²) < 4.78 is 0. The highest BCUT2D eigenvalue weighted by molar-refractivity contribution is 5.75. The molecule has 0 aliphatic heterocycles. The fourth-order valence-corrected chi connectivity index (χ4v) is 1.14. The van der Waals surface area contributed by atoms with Gasteiger partial charge >= 0.3 is 0 Å². The van der Waals surface area contributed by atoms with Crippen molar-refractivity contribution in [2.75, 3.05) is 0 Å².